The maximum atomic E-state index is 6.18. The summed E-state index contributed by atoms with van der Waals surface area (Å²) in [5.74, 6) is 2.22. The normalized spacial score (nSPS) is 11.2. The first-order valence-electron chi connectivity index (χ1n) is 8.65. The Bertz CT molecular complexity index is 735. The molecule has 0 aliphatic rings. The Balaban J connectivity index is 1.86. The monoisotopic (exact) mass is 375 g/mol. The van der Waals surface area contributed by atoms with Gasteiger partial charge in [-0.25, -0.2) is 0 Å². The molecular formula is C20H26ClN3O2. The molecule has 0 spiro atoms. The summed E-state index contributed by atoms with van der Waals surface area (Å²) in [5, 5.41) is 7.39. The van der Waals surface area contributed by atoms with Gasteiger partial charge in [0, 0.05) is 25.2 Å². The molecule has 0 saturated heterocycles. The van der Waals surface area contributed by atoms with Crippen LogP contribution in [0, 0.1) is 0 Å². The molecule has 0 atom stereocenters. The largest absolute Gasteiger partial charge is 0.493 e. The molecule has 2 aromatic carbocycles. The fourth-order valence-electron chi connectivity index (χ4n) is 2.52. The van der Waals surface area contributed by atoms with Crippen molar-refractivity contribution in [2.45, 2.75) is 19.9 Å². The van der Waals surface area contributed by atoms with Crippen LogP contribution in [0.5, 0.6) is 11.5 Å². The number of halogens is 1. The van der Waals surface area contributed by atoms with Crippen molar-refractivity contribution in [3.05, 3.63) is 58.6 Å². The van der Waals surface area contributed by atoms with E-state index in [9.17, 15) is 0 Å². The van der Waals surface area contributed by atoms with E-state index in [1.165, 1.54) is 0 Å². The van der Waals surface area contributed by atoms with Gasteiger partial charge >= 0.3 is 0 Å². The van der Waals surface area contributed by atoms with E-state index in [1.807, 2.05) is 49.4 Å². The second kappa shape index (κ2) is 10.6. The number of rotatable bonds is 8. The highest BCUT2D eigenvalue weighted by Gasteiger charge is 2.06. The van der Waals surface area contributed by atoms with Crippen molar-refractivity contribution in [2.24, 2.45) is 4.99 Å². The molecule has 5 nitrogen and oxygen atoms in total. The summed E-state index contributed by atoms with van der Waals surface area (Å²) >= 11 is 6.18. The third-order valence-corrected chi connectivity index (χ3v) is 4.22. The van der Waals surface area contributed by atoms with E-state index in [2.05, 4.69) is 15.6 Å². The van der Waals surface area contributed by atoms with Gasteiger partial charge in [0.2, 0.25) is 0 Å². The van der Waals surface area contributed by atoms with Crippen LogP contribution in [0.2, 0.25) is 5.02 Å². The van der Waals surface area contributed by atoms with E-state index in [4.69, 9.17) is 21.1 Å². The standard InChI is InChI=1S/C20H26ClN3O2/c1-4-26-18-10-9-15(13-19(18)25-3)14-24-20(22-2)23-12-11-16-7-5-6-8-17(16)21/h5-10,13H,4,11-12,14H2,1-3H3,(H2,22,23,24). The molecule has 0 aliphatic heterocycles. The van der Waals surface area contributed by atoms with Gasteiger partial charge in [-0.1, -0.05) is 35.9 Å². The van der Waals surface area contributed by atoms with Crippen LogP contribution < -0.4 is 20.1 Å². The summed E-state index contributed by atoms with van der Waals surface area (Å²) in [4.78, 5) is 4.25. The highest BCUT2D eigenvalue weighted by Crippen LogP contribution is 2.27. The van der Waals surface area contributed by atoms with E-state index >= 15 is 0 Å². The lowest BCUT2D eigenvalue weighted by Gasteiger charge is -2.14. The molecule has 6 heteroatoms. The van der Waals surface area contributed by atoms with Crippen LogP contribution in [0.3, 0.4) is 0 Å². The topological polar surface area (TPSA) is 54.9 Å². The number of guanidine groups is 1. The van der Waals surface area contributed by atoms with Crippen molar-refractivity contribution >= 4 is 17.6 Å². The zero-order valence-corrected chi connectivity index (χ0v) is 16.3. The van der Waals surface area contributed by atoms with E-state index in [-0.39, 0.29) is 0 Å². The molecule has 0 bridgehead atoms. The molecule has 2 N–H and O–H groups in total. The molecule has 2 aromatic rings. The number of methoxy groups -OCH3 is 1. The van der Waals surface area contributed by atoms with Crippen LogP contribution in [0.15, 0.2) is 47.5 Å². The molecule has 0 aliphatic carbocycles. The molecule has 0 unspecified atom stereocenters. The van der Waals surface area contributed by atoms with Crippen molar-refractivity contribution in [3.63, 3.8) is 0 Å². The van der Waals surface area contributed by atoms with Gasteiger partial charge in [0.1, 0.15) is 0 Å². The molecule has 26 heavy (non-hydrogen) atoms. The number of hydrogen-bond acceptors (Lipinski definition) is 3. The summed E-state index contributed by atoms with van der Waals surface area (Å²) in [6, 6.07) is 13.8. The van der Waals surface area contributed by atoms with Gasteiger partial charge < -0.3 is 20.1 Å². The van der Waals surface area contributed by atoms with Crippen molar-refractivity contribution in [3.8, 4) is 11.5 Å². The van der Waals surface area contributed by atoms with Gasteiger partial charge in [-0.15, -0.1) is 0 Å². The zero-order chi connectivity index (χ0) is 18.8. The van der Waals surface area contributed by atoms with E-state index in [1.54, 1.807) is 14.2 Å². The first kappa shape index (κ1) is 19.9. The minimum absolute atomic E-state index is 0.607. The van der Waals surface area contributed by atoms with Crippen molar-refractivity contribution in [1.29, 1.82) is 0 Å². The Hall–Kier alpha value is -2.40. The first-order chi connectivity index (χ1) is 12.7. The second-order valence-corrected chi connectivity index (χ2v) is 6.02. The fraction of sp³-hybridized carbons (Fsp3) is 0.350. The van der Waals surface area contributed by atoms with Gasteiger partial charge in [-0.05, 0) is 42.7 Å². The first-order valence-corrected chi connectivity index (χ1v) is 9.03. The molecule has 140 valence electrons. The molecule has 0 fully saturated rings. The van der Waals surface area contributed by atoms with Crippen LogP contribution in [0.4, 0.5) is 0 Å². The Morgan fingerprint density at radius 1 is 1.12 bits per heavy atom. The van der Waals surface area contributed by atoms with Crippen LogP contribution in [0.1, 0.15) is 18.1 Å². The van der Waals surface area contributed by atoms with Crippen LogP contribution in [-0.4, -0.2) is 33.3 Å². The van der Waals surface area contributed by atoms with E-state index in [0.29, 0.717) is 13.2 Å². The molecule has 0 saturated carbocycles. The molecule has 2 rings (SSSR count). The van der Waals surface area contributed by atoms with Crippen LogP contribution in [0.25, 0.3) is 0 Å². The quantitative estimate of drug-likeness (QED) is 0.546. The smallest absolute Gasteiger partial charge is 0.191 e. The van der Waals surface area contributed by atoms with Gasteiger partial charge in [0.05, 0.1) is 13.7 Å². The number of benzene rings is 2. The average molecular weight is 376 g/mol. The van der Waals surface area contributed by atoms with Gasteiger partial charge in [0.15, 0.2) is 17.5 Å². The maximum Gasteiger partial charge on any atom is 0.191 e. The third-order valence-electron chi connectivity index (χ3n) is 3.86. The Morgan fingerprint density at radius 2 is 1.92 bits per heavy atom. The van der Waals surface area contributed by atoms with Crippen molar-refractivity contribution < 1.29 is 9.47 Å². The molecular weight excluding hydrogens is 350 g/mol. The lowest BCUT2D eigenvalue weighted by molar-refractivity contribution is 0.310. The van der Waals surface area contributed by atoms with Gasteiger partial charge in [-0.3, -0.25) is 4.99 Å². The average Bonchev–Trinajstić information content (AvgIpc) is 2.67. The molecule has 0 aromatic heterocycles. The minimum atomic E-state index is 0.607. The maximum absolute atomic E-state index is 6.18. The van der Waals surface area contributed by atoms with Crippen LogP contribution in [-0.2, 0) is 13.0 Å². The minimum Gasteiger partial charge on any atom is -0.493 e. The summed E-state index contributed by atoms with van der Waals surface area (Å²) in [6.07, 6.45) is 0.831. The summed E-state index contributed by atoms with van der Waals surface area (Å²) < 4.78 is 10.9. The predicted octanol–water partition coefficient (Wildman–Crippen LogP) is 3.66. The Morgan fingerprint density at radius 3 is 2.62 bits per heavy atom. The Labute approximate surface area is 160 Å². The number of nitrogens with zero attached hydrogens (tertiary/aromatic N) is 1. The summed E-state index contributed by atoms with van der Waals surface area (Å²) in [6.45, 7) is 3.94. The molecule has 0 amide bonds. The highest BCUT2D eigenvalue weighted by atomic mass is 35.5. The highest BCUT2D eigenvalue weighted by molar-refractivity contribution is 6.31. The lowest BCUT2D eigenvalue weighted by atomic mass is 10.1. The molecule has 0 radical (unpaired) electrons. The second-order valence-electron chi connectivity index (χ2n) is 5.61. The Kier molecular flexibility index (Phi) is 8.09. The van der Waals surface area contributed by atoms with Crippen LogP contribution >= 0.6 is 11.6 Å². The number of nitrogens with one attached hydrogen (secondary N) is 2. The number of aliphatic imine (C=N–C) groups is 1. The zero-order valence-electron chi connectivity index (χ0n) is 15.5. The summed E-state index contributed by atoms with van der Waals surface area (Å²) in [5.41, 5.74) is 2.20. The molecule has 0 heterocycles. The summed E-state index contributed by atoms with van der Waals surface area (Å²) in [7, 11) is 3.40. The third kappa shape index (κ3) is 5.85. The number of hydrogen-bond donors (Lipinski definition) is 2. The SMILES string of the molecule is CCOc1ccc(CNC(=NC)NCCc2ccccc2Cl)cc1OC. The van der Waals surface area contributed by atoms with E-state index in [0.717, 1.165) is 46.6 Å². The van der Waals surface area contributed by atoms with Crippen molar-refractivity contribution in [1.82, 2.24) is 10.6 Å². The van der Waals surface area contributed by atoms with Gasteiger partial charge in [-0.2, -0.15) is 0 Å². The van der Waals surface area contributed by atoms with Crippen molar-refractivity contribution in [2.75, 3.05) is 27.3 Å². The number of ether oxygens (including phenoxy) is 2. The van der Waals surface area contributed by atoms with E-state index < -0.39 is 0 Å². The van der Waals surface area contributed by atoms with Gasteiger partial charge in [0.25, 0.3) is 0 Å². The lowest BCUT2D eigenvalue weighted by Crippen LogP contribution is -2.37. The fourth-order valence-corrected chi connectivity index (χ4v) is 2.75. The predicted molar refractivity (Wildman–Crippen MR) is 108 cm³/mol.